The van der Waals surface area contributed by atoms with Crippen LogP contribution in [-0.4, -0.2) is 46.1 Å². The van der Waals surface area contributed by atoms with Crippen LogP contribution < -0.4 is 14.8 Å². The van der Waals surface area contributed by atoms with Crippen LogP contribution in [-0.2, 0) is 4.79 Å². The van der Waals surface area contributed by atoms with Crippen LogP contribution in [0.2, 0.25) is 0 Å². The summed E-state index contributed by atoms with van der Waals surface area (Å²) < 4.78 is 12.1. The number of carbonyl (C=O) groups excluding carboxylic acids is 1. The van der Waals surface area contributed by atoms with E-state index in [2.05, 4.69) is 20.8 Å². The van der Waals surface area contributed by atoms with E-state index in [1.54, 1.807) is 18.9 Å². The van der Waals surface area contributed by atoms with E-state index >= 15 is 0 Å². The van der Waals surface area contributed by atoms with Gasteiger partial charge in [0.25, 0.3) is 0 Å². The molecule has 1 heterocycles. The molecule has 0 saturated heterocycles. The molecule has 146 valence electrons. The number of hydrogen-bond acceptors (Lipinski definition) is 7. The summed E-state index contributed by atoms with van der Waals surface area (Å²) in [5.74, 6) is 1.56. The second-order valence-corrected chi connectivity index (χ2v) is 6.83. The fourth-order valence-electron chi connectivity index (χ4n) is 2.67. The molecule has 1 atom stereocenters. The van der Waals surface area contributed by atoms with Gasteiger partial charge in [-0.1, -0.05) is 30.0 Å². The molecule has 0 aliphatic rings. The highest BCUT2D eigenvalue weighted by Gasteiger charge is 2.16. The van der Waals surface area contributed by atoms with Crippen LogP contribution >= 0.6 is 11.8 Å². The van der Waals surface area contributed by atoms with Crippen LogP contribution in [0, 0.1) is 0 Å². The lowest BCUT2D eigenvalue weighted by Crippen LogP contribution is -2.28. The Kier molecular flexibility index (Phi) is 6.49. The highest BCUT2D eigenvalue weighted by Crippen LogP contribution is 2.25. The van der Waals surface area contributed by atoms with E-state index in [1.807, 2.05) is 55.5 Å². The van der Waals surface area contributed by atoms with Gasteiger partial charge in [0.2, 0.25) is 11.1 Å². The fraction of sp³-hybridized carbons (Fsp3) is 0.263. The minimum atomic E-state index is -0.179. The largest absolute Gasteiger partial charge is 0.497 e. The smallest absolute Gasteiger partial charge is 0.230 e. The number of para-hydroxylation sites is 1. The summed E-state index contributed by atoms with van der Waals surface area (Å²) in [6.07, 6.45) is 0. The number of aromatic nitrogens is 4. The molecule has 0 radical (unpaired) electrons. The molecule has 28 heavy (non-hydrogen) atoms. The number of nitrogens with zero attached hydrogens (tertiary/aromatic N) is 4. The van der Waals surface area contributed by atoms with E-state index in [-0.39, 0.29) is 17.7 Å². The maximum Gasteiger partial charge on any atom is 0.230 e. The Hall–Kier alpha value is -3.07. The van der Waals surface area contributed by atoms with Crippen molar-refractivity contribution in [3.8, 4) is 17.2 Å². The Bertz CT molecular complexity index is 929. The number of tetrazole rings is 1. The first-order chi connectivity index (χ1) is 13.6. The lowest BCUT2D eigenvalue weighted by Gasteiger charge is -2.17. The molecule has 0 bridgehead atoms. The van der Waals surface area contributed by atoms with E-state index in [9.17, 15) is 4.79 Å². The fourth-order valence-corrected chi connectivity index (χ4v) is 3.37. The Morgan fingerprint density at radius 1 is 1.14 bits per heavy atom. The zero-order chi connectivity index (χ0) is 19.9. The lowest BCUT2D eigenvalue weighted by atomic mass is 10.1. The van der Waals surface area contributed by atoms with Crippen LogP contribution in [0.4, 0.5) is 0 Å². The molecule has 1 amide bonds. The molecule has 3 rings (SSSR count). The van der Waals surface area contributed by atoms with Gasteiger partial charge >= 0.3 is 0 Å². The van der Waals surface area contributed by atoms with E-state index in [0.717, 1.165) is 22.7 Å². The third-order valence-corrected chi connectivity index (χ3v) is 4.99. The summed E-state index contributed by atoms with van der Waals surface area (Å²) in [6, 6.07) is 14.8. The van der Waals surface area contributed by atoms with Crippen molar-refractivity contribution in [3.05, 3.63) is 54.1 Å². The second-order valence-electron chi connectivity index (χ2n) is 5.89. The average Bonchev–Trinajstić information content (AvgIpc) is 3.21. The topological polar surface area (TPSA) is 91.2 Å². The van der Waals surface area contributed by atoms with Gasteiger partial charge in [-0.3, -0.25) is 4.79 Å². The van der Waals surface area contributed by atoms with E-state index in [1.165, 1.54) is 11.8 Å². The molecule has 2 aromatic carbocycles. The maximum atomic E-state index is 12.4. The molecule has 0 aliphatic carbocycles. The third kappa shape index (κ3) is 4.61. The number of nitrogens with one attached hydrogen (secondary N) is 1. The molecule has 1 unspecified atom stereocenters. The summed E-state index contributed by atoms with van der Waals surface area (Å²) in [5.41, 5.74) is 1.71. The monoisotopic (exact) mass is 399 g/mol. The number of rotatable bonds is 8. The predicted octanol–water partition coefficient (Wildman–Crippen LogP) is 2.65. The van der Waals surface area contributed by atoms with E-state index < -0.39 is 0 Å². The second kappa shape index (κ2) is 9.23. The number of thioether (sulfide) groups is 1. The Morgan fingerprint density at radius 2 is 1.89 bits per heavy atom. The minimum absolute atomic E-state index is 0.118. The summed E-state index contributed by atoms with van der Waals surface area (Å²) in [4.78, 5) is 12.4. The van der Waals surface area contributed by atoms with Gasteiger partial charge in [0.15, 0.2) is 0 Å². The van der Waals surface area contributed by atoms with Gasteiger partial charge in [-0.25, -0.2) is 0 Å². The first kappa shape index (κ1) is 19.7. The first-order valence-electron chi connectivity index (χ1n) is 8.60. The summed E-state index contributed by atoms with van der Waals surface area (Å²) in [6.45, 7) is 1.92. The summed E-state index contributed by atoms with van der Waals surface area (Å²) >= 11 is 1.27. The van der Waals surface area contributed by atoms with Crippen LogP contribution in [0.3, 0.4) is 0 Å². The van der Waals surface area contributed by atoms with Gasteiger partial charge in [-0.05, 0) is 47.7 Å². The number of amides is 1. The molecule has 9 heteroatoms. The van der Waals surface area contributed by atoms with Crippen LogP contribution in [0.5, 0.6) is 11.5 Å². The minimum Gasteiger partial charge on any atom is -0.497 e. The van der Waals surface area contributed by atoms with Crippen molar-refractivity contribution in [2.75, 3.05) is 20.0 Å². The summed E-state index contributed by atoms with van der Waals surface area (Å²) in [5, 5.41) is 15.2. The van der Waals surface area contributed by atoms with Crippen molar-refractivity contribution >= 4 is 17.7 Å². The summed E-state index contributed by atoms with van der Waals surface area (Å²) in [7, 11) is 3.22. The molecule has 0 saturated carbocycles. The first-order valence-corrected chi connectivity index (χ1v) is 9.59. The molecule has 8 nitrogen and oxygen atoms in total. The van der Waals surface area contributed by atoms with Crippen molar-refractivity contribution in [1.29, 1.82) is 0 Å². The van der Waals surface area contributed by atoms with Gasteiger partial charge in [0.05, 0.1) is 31.7 Å². The molecule has 1 N–H and O–H groups in total. The van der Waals surface area contributed by atoms with Crippen LogP contribution in [0.25, 0.3) is 5.69 Å². The Morgan fingerprint density at radius 3 is 2.61 bits per heavy atom. The van der Waals surface area contributed by atoms with Gasteiger partial charge in [0.1, 0.15) is 11.5 Å². The third-order valence-electron chi connectivity index (χ3n) is 4.07. The molecule has 1 aromatic heterocycles. The molecule has 0 spiro atoms. The van der Waals surface area contributed by atoms with Crippen molar-refractivity contribution < 1.29 is 14.3 Å². The standard InChI is InChI=1S/C19H21N5O3S/c1-13(16-6-4-5-7-17(16)27-3)20-18(25)12-28-19-21-22-23-24(19)14-8-10-15(26-2)11-9-14/h4-11,13H,12H2,1-3H3,(H,20,25). The van der Waals surface area contributed by atoms with Gasteiger partial charge < -0.3 is 14.8 Å². The highest BCUT2D eigenvalue weighted by atomic mass is 32.2. The van der Waals surface area contributed by atoms with E-state index in [4.69, 9.17) is 9.47 Å². The number of benzene rings is 2. The molecular formula is C19H21N5O3S. The highest BCUT2D eigenvalue weighted by molar-refractivity contribution is 7.99. The van der Waals surface area contributed by atoms with Gasteiger partial charge in [0, 0.05) is 5.56 Å². The quantitative estimate of drug-likeness (QED) is 0.582. The number of methoxy groups -OCH3 is 2. The number of hydrogen-bond donors (Lipinski definition) is 1. The van der Waals surface area contributed by atoms with Crippen molar-refractivity contribution in [2.45, 2.75) is 18.1 Å². The normalized spacial score (nSPS) is 11.7. The average molecular weight is 399 g/mol. The molecular weight excluding hydrogens is 378 g/mol. The van der Waals surface area contributed by atoms with Gasteiger partial charge in [-0.2, -0.15) is 4.68 Å². The van der Waals surface area contributed by atoms with Crippen molar-refractivity contribution in [1.82, 2.24) is 25.5 Å². The molecule has 0 aliphatic heterocycles. The zero-order valence-electron chi connectivity index (χ0n) is 15.8. The van der Waals surface area contributed by atoms with Crippen molar-refractivity contribution in [3.63, 3.8) is 0 Å². The predicted molar refractivity (Wildman–Crippen MR) is 106 cm³/mol. The lowest BCUT2D eigenvalue weighted by molar-refractivity contribution is -0.119. The molecule has 3 aromatic rings. The van der Waals surface area contributed by atoms with Crippen molar-refractivity contribution in [2.24, 2.45) is 0 Å². The molecule has 0 fully saturated rings. The SMILES string of the molecule is COc1ccc(-n2nnnc2SCC(=O)NC(C)c2ccccc2OC)cc1. The van der Waals surface area contributed by atoms with Crippen LogP contribution in [0.1, 0.15) is 18.5 Å². The number of ether oxygens (including phenoxy) is 2. The zero-order valence-corrected chi connectivity index (χ0v) is 16.6. The number of carbonyl (C=O) groups is 1. The Labute approximate surface area is 167 Å². The Balaban J connectivity index is 1.61. The maximum absolute atomic E-state index is 12.4. The van der Waals surface area contributed by atoms with Crippen LogP contribution in [0.15, 0.2) is 53.7 Å². The van der Waals surface area contributed by atoms with Gasteiger partial charge in [-0.15, -0.1) is 5.10 Å². The van der Waals surface area contributed by atoms with E-state index in [0.29, 0.717) is 5.16 Å².